The fraction of sp³-hybridized carbons (Fsp3) is 0.444. The molecule has 1 aliphatic rings. The first-order valence-electron chi connectivity index (χ1n) is 3.59. The lowest BCUT2D eigenvalue weighted by atomic mass is 9.96. The Labute approximate surface area is 61.4 Å². The van der Waals surface area contributed by atoms with E-state index in [1.54, 1.807) is 6.92 Å². The molecule has 1 atom stereocenters. The number of allylic oxidation sites excluding steroid dienone is 4. The Morgan fingerprint density at radius 1 is 1.70 bits per heavy atom. The number of carbonyl (C=O) groups excluding carboxylic acids is 1. The minimum Gasteiger partial charge on any atom is -0.295 e. The average molecular weight is 136 g/mol. The fourth-order valence-electron chi connectivity index (χ4n) is 1.07. The Hall–Kier alpha value is -0.850. The second-order valence-electron chi connectivity index (χ2n) is 2.79. The van der Waals surface area contributed by atoms with Crippen LogP contribution in [0.1, 0.15) is 20.3 Å². The molecule has 0 fully saturated rings. The molecule has 54 valence electrons. The Kier molecular flexibility index (Phi) is 2.05. The number of hydrogen-bond donors (Lipinski definition) is 0. The van der Waals surface area contributed by atoms with Crippen molar-refractivity contribution in [2.24, 2.45) is 5.92 Å². The number of Topliss-reactive ketones (excluding diaryl/α,β-unsaturated/α-hetero) is 1. The molecule has 0 aromatic carbocycles. The Morgan fingerprint density at radius 3 is 2.80 bits per heavy atom. The van der Waals surface area contributed by atoms with E-state index in [1.807, 2.05) is 12.2 Å². The molecule has 10 heavy (non-hydrogen) atoms. The second-order valence-corrected chi connectivity index (χ2v) is 2.79. The molecule has 1 nitrogen and oxygen atoms in total. The molecule has 0 aromatic rings. The van der Waals surface area contributed by atoms with Gasteiger partial charge in [-0.25, -0.2) is 0 Å². The molecule has 0 bridgehead atoms. The van der Waals surface area contributed by atoms with Crippen molar-refractivity contribution in [2.45, 2.75) is 20.3 Å². The van der Waals surface area contributed by atoms with Gasteiger partial charge < -0.3 is 0 Å². The smallest absolute Gasteiger partial charge is 0.159 e. The summed E-state index contributed by atoms with van der Waals surface area (Å²) in [4.78, 5) is 10.8. The molecule has 0 radical (unpaired) electrons. The van der Waals surface area contributed by atoms with Crippen molar-refractivity contribution in [1.82, 2.24) is 0 Å². The first-order valence-corrected chi connectivity index (χ1v) is 3.59. The summed E-state index contributed by atoms with van der Waals surface area (Å²) in [5.74, 6) is 0.701. The number of rotatable bonds is 1. The summed E-state index contributed by atoms with van der Waals surface area (Å²) in [6, 6.07) is 0. The minimum atomic E-state index is 0.169. The summed E-state index contributed by atoms with van der Waals surface area (Å²) >= 11 is 0. The van der Waals surface area contributed by atoms with Crippen LogP contribution in [0.2, 0.25) is 0 Å². The van der Waals surface area contributed by atoms with Crippen LogP contribution in [0.4, 0.5) is 0 Å². The molecule has 1 rings (SSSR count). The molecule has 0 heterocycles. The zero-order valence-corrected chi connectivity index (χ0v) is 6.42. The third kappa shape index (κ3) is 1.56. The minimum absolute atomic E-state index is 0.169. The molecule has 0 aromatic heterocycles. The molecule has 0 N–H and O–H groups in total. The van der Waals surface area contributed by atoms with Crippen LogP contribution in [0.5, 0.6) is 0 Å². The quantitative estimate of drug-likeness (QED) is 0.539. The number of hydrogen-bond acceptors (Lipinski definition) is 1. The van der Waals surface area contributed by atoms with Crippen LogP contribution in [0.15, 0.2) is 23.8 Å². The maximum absolute atomic E-state index is 10.8. The third-order valence-electron chi connectivity index (χ3n) is 1.68. The van der Waals surface area contributed by atoms with Gasteiger partial charge in [0.05, 0.1) is 0 Å². The summed E-state index contributed by atoms with van der Waals surface area (Å²) in [5, 5.41) is 0. The second kappa shape index (κ2) is 2.82. The van der Waals surface area contributed by atoms with Gasteiger partial charge in [-0.3, -0.25) is 4.79 Å². The zero-order chi connectivity index (χ0) is 7.56. The van der Waals surface area contributed by atoms with E-state index in [4.69, 9.17) is 0 Å². The third-order valence-corrected chi connectivity index (χ3v) is 1.68. The van der Waals surface area contributed by atoms with Crippen LogP contribution in [-0.4, -0.2) is 5.78 Å². The van der Waals surface area contributed by atoms with Crippen molar-refractivity contribution >= 4 is 5.78 Å². The van der Waals surface area contributed by atoms with E-state index in [0.29, 0.717) is 5.92 Å². The van der Waals surface area contributed by atoms with E-state index < -0.39 is 0 Å². The van der Waals surface area contributed by atoms with Gasteiger partial charge in [0.2, 0.25) is 0 Å². The largest absolute Gasteiger partial charge is 0.295 e. The first kappa shape index (κ1) is 7.26. The maximum atomic E-state index is 10.8. The first-order chi connectivity index (χ1) is 4.70. The van der Waals surface area contributed by atoms with Crippen LogP contribution in [0.25, 0.3) is 0 Å². The van der Waals surface area contributed by atoms with Gasteiger partial charge in [0.15, 0.2) is 5.78 Å². The van der Waals surface area contributed by atoms with E-state index in [2.05, 4.69) is 13.0 Å². The van der Waals surface area contributed by atoms with Gasteiger partial charge in [0.25, 0.3) is 0 Å². The fourth-order valence-corrected chi connectivity index (χ4v) is 1.07. The molecule has 0 aliphatic heterocycles. The highest BCUT2D eigenvalue weighted by Gasteiger charge is 2.06. The van der Waals surface area contributed by atoms with Crippen molar-refractivity contribution in [3.8, 4) is 0 Å². The van der Waals surface area contributed by atoms with E-state index in [1.165, 1.54) is 0 Å². The number of ketones is 1. The molecule has 0 saturated heterocycles. The maximum Gasteiger partial charge on any atom is 0.159 e. The summed E-state index contributed by atoms with van der Waals surface area (Å²) in [7, 11) is 0. The molecular weight excluding hydrogens is 124 g/mol. The van der Waals surface area contributed by atoms with Gasteiger partial charge in [0, 0.05) is 5.57 Å². The SMILES string of the molecule is CC(=O)C1=CC(C)CC=C1. The van der Waals surface area contributed by atoms with Gasteiger partial charge in [-0.2, -0.15) is 0 Å². The van der Waals surface area contributed by atoms with Crippen LogP contribution in [0, 0.1) is 5.92 Å². The Balaban J connectivity index is 2.76. The van der Waals surface area contributed by atoms with Gasteiger partial charge in [-0.15, -0.1) is 0 Å². The highest BCUT2D eigenvalue weighted by Crippen LogP contribution is 2.15. The lowest BCUT2D eigenvalue weighted by Crippen LogP contribution is -2.01. The van der Waals surface area contributed by atoms with Crippen molar-refractivity contribution in [3.05, 3.63) is 23.8 Å². The van der Waals surface area contributed by atoms with Crippen molar-refractivity contribution in [1.29, 1.82) is 0 Å². The number of carbonyl (C=O) groups is 1. The van der Waals surface area contributed by atoms with Crippen LogP contribution >= 0.6 is 0 Å². The van der Waals surface area contributed by atoms with Gasteiger partial charge in [-0.1, -0.05) is 25.2 Å². The topological polar surface area (TPSA) is 17.1 Å². The van der Waals surface area contributed by atoms with Gasteiger partial charge >= 0.3 is 0 Å². The predicted octanol–water partition coefficient (Wildman–Crippen LogP) is 2.10. The van der Waals surface area contributed by atoms with E-state index in [-0.39, 0.29) is 5.78 Å². The van der Waals surface area contributed by atoms with Gasteiger partial charge in [-0.05, 0) is 19.3 Å². The normalized spacial score (nSPS) is 24.2. The average Bonchev–Trinajstić information content (AvgIpc) is 1.88. The van der Waals surface area contributed by atoms with E-state index in [0.717, 1.165) is 12.0 Å². The molecule has 0 saturated carbocycles. The molecular formula is C9H12O. The molecule has 1 unspecified atom stereocenters. The van der Waals surface area contributed by atoms with E-state index >= 15 is 0 Å². The molecule has 0 spiro atoms. The highest BCUT2D eigenvalue weighted by atomic mass is 16.1. The van der Waals surface area contributed by atoms with Crippen molar-refractivity contribution in [3.63, 3.8) is 0 Å². The van der Waals surface area contributed by atoms with Crippen LogP contribution in [-0.2, 0) is 4.79 Å². The van der Waals surface area contributed by atoms with Crippen molar-refractivity contribution < 1.29 is 4.79 Å². The zero-order valence-electron chi connectivity index (χ0n) is 6.42. The molecule has 1 heteroatoms. The summed E-state index contributed by atoms with van der Waals surface area (Å²) in [5.41, 5.74) is 0.860. The summed E-state index contributed by atoms with van der Waals surface area (Å²) < 4.78 is 0. The van der Waals surface area contributed by atoms with Crippen LogP contribution in [0.3, 0.4) is 0 Å². The lowest BCUT2D eigenvalue weighted by molar-refractivity contribution is -0.113. The standard InChI is InChI=1S/C9H12O/c1-7-4-3-5-9(6-7)8(2)10/h3,5-7H,4H2,1-2H3. The summed E-state index contributed by atoms with van der Waals surface area (Å²) in [6.45, 7) is 3.72. The van der Waals surface area contributed by atoms with Crippen LogP contribution < -0.4 is 0 Å². The Morgan fingerprint density at radius 2 is 2.40 bits per heavy atom. The highest BCUT2D eigenvalue weighted by molar-refractivity contribution is 5.96. The Bertz CT molecular complexity index is 199. The monoisotopic (exact) mass is 136 g/mol. The lowest BCUT2D eigenvalue weighted by Gasteiger charge is -2.08. The summed E-state index contributed by atoms with van der Waals surface area (Å²) in [6.07, 6.45) is 7.06. The van der Waals surface area contributed by atoms with E-state index in [9.17, 15) is 4.79 Å². The van der Waals surface area contributed by atoms with Gasteiger partial charge in [0.1, 0.15) is 0 Å². The predicted molar refractivity (Wildman–Crippen MR) is 41.7 cm³/mol. The van der Waals surface area contributed by atoms with Crippen molar-refractivity contribution in [2.75, 3.05) is 0 Å². The molecule has 0 amide bonds. The molecule has 1 aliphatic carbocycles.